The first-order chi connectivity index (χ1) is 14.3. The largest absolute Gasteiger partial charge is 0.418 e. The number of aliphatic hydroxyl groups is 1. The Morgan fingerprint density at radius 1 is 0.900 bits per heavy atom. The van der Waals surface area contributed by atoms with E-state index < -0.39 is 12.3 Å². The van der Waals surface area contributed by atoms with Gasteiger partial charge in [-0.15, -0.1) is 0 Å². The number of anilines is 1. The first kappa shape index (κ1) is 20.5. The molecule has 3 aromatic rings. The average Bonchev–Trinajstić information content (AvgIpc) is 2.77. The summed E-state index contributed by atoms with van der Waals surface area (Å²) in [6.07, 6.45) is -2.75. The molecule has 6 nitrogen and oxygen atoms in total. The smallest absolute Gasteiger partial charge is 0.379 e. The fourth-order valence-electron chi connectivity index (χ4n) is 3.72. The minimum atomic E-state index is -4.70. The van der Waals surface area contributed by atoms with E-state index in [4.69, 9.17) is 0 Å². The molecule has 2 unspecified atom stereocenters. The van der Waals surface area contributed by atoms with Gasteiger partial charge in [-0.25, -0.2) is 4.98 Å². The van der Waals surface area contributed by atoms with Crippen LogP contribution in [0.3, 0.4) is 0 Å². The van der Waals surface area contributed by atoms with Gasteiger partial charge in [-0.05, 0) is 30.7 Å². The van der Waals surface area contributed by atoms with Gasteiger partial charge in [-0.1, -0.05) is 12.1 Å². The summed E-state index contributed by atoms with van der Waals surface area (Å²) in [5, 5.41) is 9.33. The maximum absolute atomic E-state index is 12.6. The second-order valence-corrected chi connectivity index (χ2v) is 7.40. The Balaban J connectivity index is 1.39. The summed E-state index contributed by atoms with van der Waals surface area (Å²) >= 11 is 0. The van der Waals surface area contributed by atoms with E-state index in [0.717, 1.165) is 30.3 Å². The van der Waals surface area contributed by atoms with E-state index in [1.807, 2.05) is 11.0 Å². The number of rotatable bonds is 4. The van der Waals surface area contributed by atoms with E-state index in [0.29, 0.717) is 18.9 Å². The number of halogens is 3. The van der Waals surface area contributed by atoms with E-state index in [2.05, 4.69) is 38.9 Å². The van der Waals surface area contributed by atoms with Crippen LogP contribution >= 0.6 is 0 Å². The highest BCUT2D eigenvalue weighted by Crippen LogP contribution is 2.32. The second kappa shape index (κ2) is 8.16. The van der Waals surface area contributed by atoms with E-state index in [9.17, 15) is 18.3 Å². The monoisotopic (exact) mass is 417 g/mol. The molecule has 1 fully saturated rings. The van der Waals surface area contributed by atoms with Crippen molar-refractivity contribution in [2.75, 3.05) is 31.1 Å². The molecular weight excluding hydrogens is 395 g/mol. The molecule has 9 heteroatoms. The van der Waals surface area contributed by atoms with Crippen molar-refractivity contribution in [2.24, 2.45) is 0 Å². The predicted octanol–water partition coefficient (Wildman–Crippen LogP) is 3.50. The maximum Gasteiger partial charge on any atom is 0.418 e. The van der Waals surface area contributed by atoms with Crippen LogP contribution in [0.5, 0.6) is 0 Å². The lowest BCUT2D eigenvalue weighted by atomic mass is 10.0. The molecule has 0 spiro atoms. The second-order valence-electron chi connectivity index (χ2n) is 7.40. The third-order valence-corrected chi connectivity index (χ3v) is 5.56. The number of aliphatic hydroxyl groups excluding tert-OH is 1. The molecule has 158 valence electrons. The van der Waals surface area contributed by atoms with Crippen LogP contribution in [0.25, 0.3) is 11.0 Å². The van der Waals surface area contributed by atoms with Crippen molar-refractivity contribution in [3.8, 4) is 0 Å². The molecule has 2 atom stereocenters. The normalized spacial score (nSPS) is 17.8. The molecule has 3 heterocycles. The van der Waals surface area contributed by atoms with Gasteiger partial charge in [0.15, 0.2) is 6.10 Å². The molecule has 1 aliphatic heterocycles. The Labute approximate surface area is 172 Å². The number of benzene rings is 1. The highest BCUT2D eigenvalue weighted by atomic mass is 19.4. The highest BCUT2D eigenvalue weighted by molar-refractivity contribution is 5.74. The SMILES string of the molecule is CC(c1ccc2nccnc2c1)N1CCN(c2ccc(C(O)C(F)(F)F)cn2)CC1. The molecule has 4 rings (SSSR count). The van der Waals surface area contributed by atoms with E-state index in [1.165, 1.54) is 17.7 Å². The Morgan fingerprint density at radius 2 is 1.57 bits per heavy atom. The number of piperazine rings is 1. The molecule has 0 radical (unpaired) electrons. The highest BCUT2D eigenvalue weighted by Gasteiger charge is 2.39. The van der Waals surface area contributed by atoms with Gasteiger partial charge in [0, 0.05) is 56.4 Å². The van der Waals surface area contributed by atoms with Gasteiger partial charge in [-0.3, -0.25) is 14.9 Å². The Kier molecular flexibility index (Phi) is 5.57. The average molecular weight is 417 g/mol. The van der Waals surface area contributed by atoms with Gasteiger partial charge in [0.25, 0.3) is 0 Å². The van der Waals surface area contributed by atoms with Crippen molar-refractivity contribution in [3.05, 3.63) is 60.0 Å². The summed E-state index contributed by atoms with van der Waals surface area (Å²) in [5.74, 6) is 0.612. The number of fused-ring (bicyclic) bond motifs is 1. The van der Waals surface area contributed by atoms with Gasteiger partial charge in [-0.2, -0.15) is 13.2 Å². The van der Waals surface area contributed by atoms with Crippen LogP contribution in [0.2, 0.25) is 0 Å². The number of pyridine rings is 1. The van der Waals surface area contributed by atoms with E-state index in [-0.39, 0.29) is 11.6 Å². The zero-order chi connectivity index (χ0) is 21.3. The maximum atomic E-state index is 12.6. The van der Waals surface area contributed by atoms with Crippen LogP contribution in [0.1, 0.15) is 30.2 Å². The van der Waals surface area contributed by atoms with Crippen molar-refractivity contribution in [2.45, 2.75) is 25.2 Å². The molecule has 30 heavy (non-hydrogen) atoms. The first-order valence-corrected chi connectivity index (χ1v) is 9.73. The molecule has 0 bridgehead atoms. The molecule has 2 aromatic heterocycles. The molecule has 1 saturated heterocycles. The van der Waals surface area contributed by atoms with Crippen molar-refractivity contribution in [1.29, 1.82) is 0 Å². The van der Waals surface area contributed by atoms with Gasteiger partial charge in [0.1, 0.15) is 5.82 Å². The number of aromatic nitrogens is 3. The summed E-state index contributed by atoms with van der Waals surface area (Å²) in [6.45, 7) is 5.18. The molecule has 1 aliphatic rings. The number of hydrogen-bond acceptors (Lipinski definition) is 6. The molecular formula is C21H22F3N5O. The van der Waals surface area contributed by atoms with Crippen molar-refractivity contribution < 1.29 is 18.3 Å². The van der Waals surface area contributed by atoms with Crippen LogP contribution in [0, 0.1) is 0 Å². The van der Waals surface area contributed by atoms with Gasteiger partial charge in [0.2, 0.25) is 0 Å². The Bertz CT molecular complexity index is 1000. The van der Waals surface area contributed by atoms with Crippen LogP contribution in [0.4, 0.5) is 19.0 Å². The summed E-state index contributed by atoms with van der Waals surface area (Å²) in [7, 11) is 0. The van der Waals surface area contributed by atoms with Crippen LogP contribution in [0.15, 0.2) is 48.9 Å². The van der Waals surface area contributed by atoms with Gasteiger partial charge >= 0.3 is 6.18 Å². The van der Waals surface area contributed by atoms with Crippen LogP contribution < -0.4 is 4.90 Å². The zero-order valence-electron chi connectivity index (χ0n) is 16.4. The quantitative estimate of drug-likeness (QED) is 0.701. The van der Waals surface area contributed by atoms with Crippen molar-refractivity contribution >= 4 is 16.9 Å². The molecule has 1 N–H and O–H groups in total. The number of alkyl halides is 3. The molecule has 1 aromatic carbocycles. The minimum Gasteiger partial charge on any atom is -0.379 e. The summed E-state index contributed by atoms with van der Waals surface area (Å²) in [6, 6.07) is 9.13. The standard InChI is InChI=1S/C21H22F3N5O/c1-14(15-2-4-17-18(12-15)26-7-6-25-17)28-8-10-29(11-9-28)19-5-3-16(13-27-19)20(30)21(22,23)24/h2-7,12-14,20,30H,8-11H2,1H3. The number of nitrogens with zero attached hydrogens (tertiary/aromatic N) is 5. The fourth-order valence-corrected chi connectivity index (χ4v) is 3.72. The third kappa shape index (κ3) is 4.22. The Hall–Kier alpha value is -2.78. The summed E-state index contributed by atoms with van der Waals surface area (Å²) < 4.78 is 37.9. The van der Waals surface area contributed by atoms with Crippen LogP contribution in [-0.4, -0.2) is 57.3 Å². The lowest BCUT2D eigenvalue weighted by molar-refractivity contribution is -0.206. The van der Waals surface area contributed by atoms with Crippen LogP contribution in [-0.2, 0) is 0 Å². The summed E-state index contributed by atoms with van der Waals surface area (Å²) in [4.78, 5) is 17.2. The topological polar surface area (TPSA) is 65.4 Å². The summed E-state index contributed by atoms with van der Waals surface area (Å²) in [5.41, 5.74) is 2.65. The van der Waals surface area contributed by atoms with E-state index in [1.54, 1.807) is 12.4 Å². The minimum absolute atomic E-state index is 0.204. The number of hydrogen-bond donors (Lipinski definition) is 1. The van der Waals surface area contributed by atoms with Crippen molar-refractivity contribution in [1.82, 2.24) is 19.9 Å². The first-order valence-electron chi connectivity index (χ1n) is 9.73. The molecule has 0 saturated carbocycles. The van der Waals surface area contributed by atoms with Gasteiger partial charge in [0.05, 0.1) is 11.0 Å². The predicted molar refractivity (Wildman–Crippen MR) is 107 cm³/mol. The molecule has 0 amide bonds. The fraction of sp³-hybridized carbons (Fsp3) is 0.381. The Morgan fingerprint density at radius 3 is 2.20 bits per heavy atom. The van der Waals surface area contributed by atoms with Gasteiger partial charge < -0.3 is 10.0 Å². The van der Waals surface area contributed by atoms with Crippen molar-refractivity contribution in [3.63, 3.8) is 0 Å². The third-order valence-electron chi connectivity index (χ3n) is 5.56. The van der Waals surface area contributed by atoms with E-state index >= 15 is 0 Å². The molecule has 0 aliphatic carbocycles. The zero-order valence-corrected chi connectivity index (χ0v) is 16.4. The lowest BCUT2D eigenvalue weighted by Crippen LogP contribution is -2.47. The lowest BCUT2D eigenvalue weighted by Gasteiger charge is -2.38.